The van der Waals surface area contributed by atoms with Gasteiger partial charge < -0.3 is 5.11 Å². The third-order valence-electron chi connectivity index (χ3n) is 2.79. The number of carbonyl (C=O) groups is 1. The molecule has 0 aliphatic carbocycles. The molecule has 7 nitrogen and oxygen atoms in total. The van der Waals surface area contributed by atoms with E-state index in [-0.39, 0.29) is 17.1 Å². The molecule has 9 heteroatoms. The maximum Gasteiger partial charge on any atom is 0.277 e. The fourth-order valence-electron chi connectivity index (χ4n) is 1.72. The molecule has 1 aliphatic rings. The number of nitro groups is 1. The maximum absolute atomic E-state index is 13.2. The van der Waals surface area contributed by atoms with Crippen LogP contribution in [-0.4, -0.2) is 33.7 Å². The molecule has 1 amide bonds. The number of phenols is 1. The summed E-state index contributed by atoms with van der Waals surface area (Å²) in [5.74, 6) is -4.04. The highest BCUT2D eigenvalue weighted by atomic mass is 19.1. The van der Waals surface area contributed by atoms with E-state index in [9.17, 15) is 23.7 Å². The second-order valence-electron chi connectivity index (χ2n) is 4.30. The Hall–Kier alpha value is -3.10. The Morgan fingerprint density at radius 3 is 2.50 bits per heavy atom. The minimum Gasteiger partial charge on any atom is -0.503 e. The van der Waals surface area contributed by atoms with Crippen molar-refractivity contribution in [1.29, 1.82) is 0 Å². The molecule has 1 aromatic rings. The number of carbonyl (C=O) groups excluding carboxylic acids is 1. The molecule has 2 rings (SSSR count). The number of hydrogen-bond acceptors (Lipinski definition) is 5. The molecule has 0 bridgehead atoms. The molecule has 114 valence electrons. The molecular weight excluding hydrogens is 300 g/mol. The van der Waals surface area contributed by atoms with E-state index in [1.807, 2.05) is 0 Å². The normalized spacial score (nSPS) is 16.7. The number of benzene rings is 1. The van der Waals surface area contributed by atoms with Crippen LogP contribution in [0.4, 0.5) is 8.78 Å². The van der Waals surface area contributed by atoms with Crippen molar-refractivity contribution in [2.24, 2.45) is 4.99 Å². The van der Waals surface area contributed by atoms with Crippen molar-refractivity contribution in [3.63, 3.8) is 0 Å². The number of likely N-dealkylation sites (N-methyl/N-ethyl adjacent to an activating group) is 1. The molecule has 0 saturated carbocycles. The molecule has 0 unspecified atom stereocenters. The molecule has 1 N–H and O–H groups in total. The quantitative estimate of drug-likeness (QED) is 0.522. The Bertz CT molecular complexity index is 733. The number of amides is 1. The molecule has 0 atom stereocenters. The highest BCUT2D eigenvalue weighted by molar-refractivity contribution is 6.17. The van der Waals surface area contributed by atoms with Gasteiger partial charge >= 0.3 is 0 Å². The monoisotopic (exact) mass is 309 g/mol. The van der Waals surface area contributed by atoms with Gasteiger partial charge in [0.25, 0.3) is 5.91 Å². The van der Waals surface area contributed by atoms with Crippen LogP contribution in [0.25, 0.3) is 6.08 Å². The van der Waals surface area contributed by atoms with Gasteiger partial charge in [0.2, 0.25) is 6.20 Å². The van der Waals surface area contributed by atoms with Crippen molar-refractivity contribution in [2.45, 2.75) is 0 Å². The number of phenolic OH excluding ortho intramolecular Hbond substituents is 1. The lowest BCUT2D eigenvalue weighted by Crippen LogP contribution is -2.26. The second-order valence-corrected chi connectivity index (χ2v) is 4.30. The Morgan fingerprint density at radius 2 is 1.95 bits per heavy atom. The molecule has 0 radical (unpaired) electrons. The van der Waals surface area contributed by atoms with Crippen LogP contribution in [-0.2, 0) is 4.79 Å². The van der Waals surface area contributed by atoms with E-state index in [1.165, 1.54) is 7.05 Å². The standard InChI is InChI=1S/C13H9F2N3O4/c1-17-11(2-3-18(21)22)16-10(13(17)20)6-7-4-8(14)12(19)9(15)5-7/h2-6,19H,1H3/b3-2+,10-6?. The number of aliphatic imine (C=N–C) groups is 1. The zero-order valence-electron chi connectivity index (χ0n) is 11.2. The summed E-state index contributed by atoms with van der Waals surface area (Å²) < 4.78 is 26.5. The topological polar surface area (TPSA) is 96.0 Å². The van der Waals surface area contributed by atoms with Gasteiger partial charge in [0, 0.05) is 7.05 Å². The van der Waals surface area contributed by atoms with Gasteiger partial charge in [0.1, 0.15) is 11.5 Å². The third kappa shape index (κ3) is 2.97. The molecule has 0 saturated heterocycles. The molecule has 0 aromatic heterocycles. The molecular formula is C13H9F2N3O4. The van der Waals surface area contributed by atoms with Gasteiger partial charge in [0.05, 0.1) is 11.0 Å². The van der Waals surface area contributed by atoms with Crippen LogP contribution in [0.3, 0.4) is 0 Å². The van der Waals surface area contributed by atoms with Gasteiger partial charge in [-0.15, -0.1) is 0 Å². The number of halogens is 2. The van der Waals surface area contributed by atoms with Gasteiger partial charge in [-0.2, -0.15) is 0 Å². The lowest BCUT2D eigenvalue weighted by molar-refractivity contribution is -0.402. The largest absolute Gasteiger partial charge is 0.503 e. The van der Waals surface area contributed by atoms with Gasteiger partial charge in [-0.1, -0.05) is 0 Å². The van der Waals surface area contributed by atoms with Crippen molar-refractivity contribution >= 4 is 17.8 Å². The Morgan fingerprint density at radius 1 is 1.36 bits per heavy atom. The smallest absolute Gasteiger partial charge is 0.277 e. The van der Waals surface area contributed by atoms with E-state index in [4.69, 9.17) is 5.11 Å². The zero-order valence-corrected chi connectivity index (χ0v) is 11.2. The van der Waals surface area contributed by atoms with E-state index in [2.05, 4.69) is 4.99 Å². The first-order chi connectivity index (χ1) is 10.3. The van der Waals surface area contributed by atoms with E-state index in [0.717, 1.165) is 29.2 Å². The number of aromatic hydroxyl groups is 1. The Balaban J connectivity index is 2.39. The summed E-state index contributed by atoms with van der Waals surface area (Å²) in [5.41, 5.74) is -0.164. The summed E-state index contributed by atoms with van der Waals surface area (Å²) in [6.45, 7) is 0. The predicted octanol–water partition coefficient (Wildman–Crippen LogP) is 1.67. The van der Waals surface area contributed by atoms with Crippen molar-refractivity contribution in [2.75, 3.05) is 7.05 Å². The minimum absolute atomic E-state index is 0.0206. The first-order valence-corrected chi connectivity index (χ1v) is 5.87. The predicted molar refractivity (Wildman–Crippen MR) is 72.3 cm³/mol. The lowest BCUT2D eigenvalue weighted by atomic mass is 10.1. The first kappa shape index (κ1) is 15.3. The summed E-state index contributed by atoms with van der Waals surface area (Å²) in [5, 5.41) is 19.3. The summed E-state index contributed by atoms with van der Waals surface area (Å²) in [4.78, 5) is 26.4. The molecule has 0 spiro atoms. The van der Waals surface area contributed by atoms with Crippen LogP contribution in [0.1, 0.15) is 5.56 Å². The van der Waals surface area contributed by atoms with Crippen molar-refractivity contribution in [1.82, 2.24) is 4.90 Å². The van der Waals surface area contributed by atoms with Gasteiger partial charge in [0.15, 0.2) is 17.4 Å². The highest BCUT2D eigenvalue weighted by Crippen LogP contribution is 2.24. The fourth-order valence-corrected chi connectivity index (χ4v) is 1.72. The molecule has 1 aliphatic heterocycles. The minimum atomic E-state index is -1.18. The van der Waals surface area contributed by atoms with Crippen LogP contribution in [0.15, 0.2) is 35.1 Å². The number of hydrogen-bond donors (Lipinski definition) is 1. The zero-order chi connectivity index (χ0) is 16.4. The first-order valence-electron chi connectivity index (χ1n) is 5.87. The SMILES string of the molecule is CN1C(=O)C(=Cc2cc(F)c(O)c(F)c2)N=C1/C=C/[N+](=O)[O-]. The summed E-state index contributed by atoms with van der Waals surface area (Å²) in [7, 11) is 1.35. The second kappa shape index (κ2) is 5.72. The van der Waals surface area contributed by atoms with Crippen LogP contribution in [0, 0.1) is 21.7 Å². The van der Waals surface area contributed by atoms with Crippen molar-refractivity contribution in [3.8, 4) is 5.75 Å². The molecule has 0 fully saturated rings. The van der Waals surface area contributed by atoms with Crippen LogP contribution < -0.4 is 0 Å². The van der Waals surface area contributed by atoms with Crippen molar-refractivity contribution < 1.29 is 23.6 Å². The summed E-state index contributed by atoms with van der Waals surface area (Å²) in [6.07, 6.45) is 2.75. The summed E-state index contributed by atoms with van der Waals surface area (Å²) in [6, 6.07) is 1.66. The van der Waals surface area contributed by atoms with E-state index < -0.39 is 28.2 Å². The molecule has 1 heterocycles. The van der Waals surface area contributed by atoms with Crippen LogP contribution in [0.5, 0.6) is 5.75 Å². The highest BCUT2D eigenvalue weighted by Gasteiger charge is 2.26. The lowest BCUT2D eigenvalue weighted by Gasteiger charge is -2.06. The van der Waals surface area contributed by atoms with E-state index in [1.54, 1.807) is 0 Å². The van der Waals surface area contributed by atoms with Gasteiger partial charge in [-0.05, 0) is 23.8 Å². The average Bonchev–Trinajstić information content (AvgIpc) is 2.70. The van der Waals surface area contributed by atoms with Crippen LogP contribution in [0.2, 0.25) is 0 Å². The number of nitrogens with zero attached hydrogens (tertiary/aromatic N) is 3. The van der Waals surface area contributed by atoms with Crippen molar-refractivity contribution in [3.05, 3.63) is 57.4 Å². The average molecular weight is 309 g/mol. The van der Waals surface area contributed by atoms with E-state index >= 15 is 0 Å². The Labute approximate surface area is 122 Å². The van der Waals surface area contributed by atoms with Gasteiger partial charge in [-0.3, -0.25) is 19.8 Å². The third-order valence-corrected chi connectivity index (χ3v) is 2.79. The van der Waals surface area contributed by atoms with E-state index in [0.29, 0.717) is 6.20 Å². The van der Waals surface area contributed by atoms with Crippen LogP contribution >= 0.6 is 0 Å². The maximum atomic E-state index is 13.2. The van der Waals surface area contributed by atoms with Gasteiger partial charge in [-0.25, -0.2) is 13.8 Å². The fraction of sp³-hybridized carbons (Fsp3) is 0.0769. The number of amidine groups is 1. The molecule has 22 heavy (non-hydrogen) atoms. The molecule has 1 aromatic carbocycles. The summed E-state index contributed by atoms with van der Waals surface area (Å²) >= 11 is 0. The number of rotatable bonds is 3. The Kier molecular flexibility index (Phi) is 3.97.